The van der Waals surface area contributed by atoms with E-state index in [1.807, 2.05) is 0 Å². The monoisotopic (exact) mass is 437 g/mol. The smallest absolute Gasteiger partial charge is 0.207 e. The predicted molar refractivity (Wildman–Crippen MR) is 98.6 cm³/mol. The van der Waals surface area contributed by atoms with E-state index in [0.29, 0.717) is 0 Å². The molecule has 146 valence electrons. The second-order valence-electron chi connectivity index (χ2n) is 6.31. The summed E-state index contributed by atoms with van der Waals surface area (Å²) in [6, 6.07) is 9.86. The van der Waals surface area contributed by atoms with E-state index >= 15 is 0 Å². The van der Waals surface area contributed by atoms with Crippen LogP contribution in [0.5, 0.6) is 0 Å². The molecule has 1 aliphatic heterocycles. The van der Waals surface area contributed by atoms with E-state index in [4.69, 9.17) is 23.2 Å². The maximum absolute atomic E-state index is 13.2. The first-order chi connectivity index (χ1) is 12.6. The lowest BCUT2D eigenvalue weighted by atomic mass is 9.87. The number of alkyl halides is 3. The van der Waals surface area contributed by atoms with Gasteiger partial charge >= 0.3 is 6.18 Å². The van der Waals surface area contributed by atoms with Crippen molar-refractivity contribution in [3.63, 3.8) is 0 Å². The number of hydrogen-bond acceptors (Lipinski definition) is 2. The van der Waals surface area contributed by atoms with Gasteiger partial charge < -0.3 is 0 Å². The van der Waals surface area contributed by atoms with Gasteiger partial charge in [0.1, 0.15) is 4.90 Å². The van der Waals surface area contributed by atoms with Crippen LogP contribution in [0, 0.1) is 0 Å². The normalized spacial score (nSPS) is 17.2. The maximum Gasteiger partial charge on any atom is 0.416 e. The molecule has 27 heavy (non-hydrogen) atoms. The van der Waals surface area contributed by atoms with Crippen LogP contribution in [0.4, 0.5) is 13.2 Å². The molecule has 0 atom stereocenters. The molecule has 3 nitrogen and oxygen atoms in total. The zero-order valence-corrected chi connectivity index (χ0v) is 16.3. The van der Waals surface area contributed by atoms with Gasteiger partial charge in [-0.25, -0.2) is 8.42 Å². The Bertz CT molecular complexity index is 920. The fourth-order valence-electron chi connectivity index (χ4n) is 3.38. The molecule has 1 aliphatic rings. The highest BCUT2D eigenvalue weighted by Gasteiger charge is 2.37. The predicted octanol–water partition coefficient (Wildman–Crippen LogP) is 5.58. The van der Waals surface area contributed by atoms with E-state index in [2.05, 4.69) is 0 Å². The first-order valence-electron chi connectivity index (χ1n) is 8.22. The van der Waals surface area contributed by atoms with Gasteiger partial charge in [0.25, 0.3) is 0 Å². The van der Waals surface area contributed by atoms with Crippen LogP contribution in [-0.4, -0.2) is 25.8 Å². The van der Waals surface area contributed by atoms with Crippen molar-refractivity contribution >= 4 is 33.2 Å². The van der Waals surface area contributed by atoms with Crippen molar-refractivity contribution in [2.24, 2.45) is 0 Å². The molecule has 0 amide bonds. The summed E-state index contributed by atoms with van der Waals surface area (Å²) in [6.45, 7) is 0.196. The van der Waals surface area contributed by atoms with Crippen molar-refractivity contribution in [3.05, 3.63) is 63.6 Å². The third-order valence-electron chi connectivity index (χ3n) is 4.68. The van der Waals surface area contributed by atoms with E-state index < -0.39 is 21.8 Å². The molecular formula is C18H16Cl2F3NO2S. The standard InChI is InChI=1S/C18H16Cl2F3NO2S/c19-15-6-3-7-16(20)17(15)27(25,26)24-10-8-12(9-11-24)13-4-1-2-5-14(13)18(21,22)23/h1-7,12H,8-11H2. The van der Waals surface area contributed by atoms with Gasteiger partial charge in [-0.3, -0.25) is 0 Å². The molecule has 0 aliphatic carbocycles. The number of rotatable bonds is 3. The summed E-state index contributed by atoms with van der Waals surface area (Å²) in [5.74, 6) is -0.365. The van der Waals surface area contributed by atoms with Gasteiger partial charge in [-0.15, -0.1) is 0 Å². The van der Waals surface area contributed by atoms with Gasteiger partial charge in [-0.05, 0) is 42.5 Å². The van der Waals surface area contributed by atoms with E-state index in [9.17, 15) is 21.6 Å². The number of benzene rings is 2. The highest BCUT2D eigenvalue weighted by atomic mass is 35.5. The molecule has 0 radical (unpaired) electrons. The lowest BCUT2D eigenvalue weighted by Gasteiger charge is -2.32. The van der Waals surface area contributed by atoms with Gasteiger partial charge in [-0.2, -0.15) is 17.5 Å². The molecule has 0 unspecified atom stereocenters. The fraction of sp³-hybridized carbons (Fsp3) is 0.333. The van der Waals surface area contributed by atoms with Crippen LogP contribution in [0.2, 0.25) is 10.0 Å². The zero-order valence-electron chi connectivity index (χ0n) is 14.0. The van der Waals surface area contributed by atoms with Crippen LogP contribution < -0.4 is 0 Å². The number of halogens is 5. The molecule has 9 heteroatoms. The minimum atomic E-state index is -4.44. The van der Waals surface area contributed by atoms with E-state index in [-0.39, 0.29) is 52.4 Å². The molecule has 0 aromatic heterocycles. The van der Waals surface area contributed by atoms with Crippen molar-refractivity contribution < 1.29 is 21.6 Å². The Morgan fingerprint density at radius 1 is 0.926 bits per heavy atom. The number of nitrogens with zero attached hydrogens (tertiary/aromatic N) is 1. The quantitative estimate of drug-likeness (QED) is 0.628. The molecule has 0 saturated carbocycles. The van der Waals surface area contributed by atoms with Crippen LogP contribution >= 0.6 is 23.2 Å². The molecule has 2 aromatic rings. The highest BCUT2D eigenvalue weighted by Crippen LogP contribution is 2.40. The SMILES string of the molecule is O=S(=O)(c1c(Cl)cccc1Cl)N1CCC(c2ccccc2C(F)(F)F)CC1. The largest absolute Gasteiger partial charge is 0.416 e. The second-order valence-corrected chi connectivity index (χ2v) is 9.00. The summed E-state index contributed by atoms with van der Waals surface area (Å²) in [6.07, 6.45) is -3.87. The number of hydrogen-bond donors (Lipinski definition) is 0. The first-order valence-corrected chi connectivity index (χ1v) is 10.4. The van der Waals surface area contributed by atoms with Crippen molar-refractivity contribution in [2.45, 2.75) is 29.8 Å². The Balaban J connectivity index is 1.83. The topological polar surface area (TPSA) is 37.4 Å². The van der Waals surface area contributed by atoms with Gasteiger partial charge in [0.2, 0.25) is 10.0 Å². The number of sulfonamides is 1. The second kappa shape index (κ2) is 7.62. The summed E-state index contributed by atoms with van der Waals surface area (Å²) >= 11 is 12.0. The third kappa shape index (κ3) is 4.11. The molecule has 1 fully saturated rings. The van der Waals surface area contributed by atoms with Crippen molar-refractivity contribution in [3.8, 4) is 0 Å². The van der Waals surface area contributed by atoms with E-state index in [1.54, 1.807) is 12.1 Å². The Kier molecular flexibility index (Phi) is 5.77. The summed E-state index contributed by atoms with van der Waals surface area (Å²) < 4.78 is 66.7. The number of piperidine rings is 1. The molecule has 1 heterocycles. The lowest BCUT2D eigenvalue weighted by molar-refractivity contribution is -0.138. The van der Waals surface area contributed by atoms with Crippen LogP contribution in [-0.2, 0) is 16.2 Å². The molecule has 2 aromatic carbocycles. The summed E-state index contributed by atoms with van der Waals surface area (Å²) in [7, 11) is -3.92. The van der Waals surface area contributed by atoms with Gasteiger partial charge in [-0.1, -0.05) is 47.5 Å². The Morgan fingerprint density at radius 3 is 2.04 bits per heavy atom. The Hall–Kier alpha value is -1.28. The third-order valence-corrected chi connectivity index (χ3v) is 7.53. The maximum atomic E-state index is 13.2. The average Bonchev–Trinajstić information content (AvgIpc) is 2.61. The summed E-state index contributed by atoms with van der Waals surface area (Å²) in [4.78, 5) is -0.164. The summed E-state index contributed by atoms with van der Waals surface area (Å²) in [5, 5.41) is 0.0408. The highest BCUT2D eigenvalue weighted by molar-refractivity contribution is 7.89. The molecular weight excluding hydrogens is 422 g/mol. The van der Waals surface area contributed by atoms with Crippen LogP contribution in [0.15, 0.2) is 47.4 Å². The molecule has 3 rings (SSSR count). The van der Waals surface area contributed by atoms with Crippen molar-refractivity contribution in [1.82, 2.24) is 4.31 Å². The summed E-state index contributed by atoms with van der Waals surface area (Å²) in [5.41, 5.74) is -0.460. The first kappa shape index (κ1) is 20.5. The Morgan fingerprint density at radius 2 is 1.48 bits per heavy atom. The van der Waals surface area contributed by atoms with Gasteiger partial charge in [0.15, 0.2) is 0 Å². The van der Waals surface area contributed by atoms with Crippen molar-refractivity contribution in [2.75, 3.05) is 13.1 Å². The van der Waals surface area contributed by atoms with Crippen LogP contribution in [0.25, 0.3) is 0 Å². The minimum Gasteiger partial charge on any atom is -0.207 e. The minimum absolute atomic E-state index is 0.0204. The average molecular weight is 438 g/mol. The molecule has 1 saturated heterocycles. The lowest BCUT2D eigenvalue weighted by Crippen LogP contribution is -2.38. The molecule has 0 N–H and O–H groups in total. The van der Waals surface area contributed by atoms with Gasteiger partial charge in [0, 0.05) is 13.1 Å². The van der Waals surface area contributed by atoms with Crippen LogP contribution in [0.3, 0.4) is 0 Å². The molecule has 0 bridgehead atoms. The fourth-order valence-corrected chi connectivity index (χ4v) is 5.94. The van der Waals surface area contributed by atoms with E-state index in [0.717, 1.165) is 6.07 Å². The van der Waals surface area contributed by atoms with Crippen molar-refractivity contribution in [1.29, 1.82) is 0 Å². The van der Waals surface area contributed by atoms with Gasteiger partial charge in [0.05, 0.1) is 15.6 Å². The zero-order chi connectivity index (χ0) is 19.8. The van der Waals surface area contributed by atoms with Crippen LogP contribution in [0.1, 0.15) is 29.9 Å². The molecule has 0 spiro atoms. The van der Waals surface area contributed by atoms with E-state index in [1.165, 1.54) is 28.6 Å². The Labute approximate surface area is 165 Å².